The Morgan fingerprint density at radius 3 is 2.60 bits per heavy atom. The van der Waals surface area contributed by atoms with Crippen LogP contribution in [-0.2, 0) is 6.42 Å². The average Bonchev–Trinajstić information content (AvgIpc) is 2.71. The minimum Gasteiger partial charge on any atom is -0.385 e. The van der Waals surface area contributed by atoms with Gasteiger partial charge in [-0.3, -0.25) is 4.79 Å². The van der Waals surface area contributed by atoms with Crippen molar-refractivity contribution in [3.05, 3.63) is 68.9 Å². The second-order valence-electron chi connectivity index (χ2n) is 8.07. The van der Waals surface area contributed by atoms with Gasteiger partial charge >= 0.3 is 0 Å². The Labute approximate surface area is 181 Å². The molecule has 2 aliphatic rings. The quantitative estimate of drug-likeness (QED) is 0.696. The molecule has 0 bridgehead atoms. The molecule has 1 amide bonds. The topological polar surface area (TPSA) is 52.6 Å². The molecular formula is C22H22BrF3N2O2. The van der Waals surface area contributed by atoms with Crippen molar-refractivity contribution in [1.29, 1.82) is 0 Å². The highest BCUT2D eigenvalue weighted by Crippen LogP contribution is 2.32. The van der Waals surface area contributed by atoms with Gasteiger partial charge in [-0.15, -0.1) is 0 Å². The summed E-state index contributed by atoms with van der Waals surface area (Å²) in [5.41, 5.74) is -1.07. The summed E-state index contributed by atoms with van der Waals surface area (Å²) in [6.07, 6.45) is 2.64. The van der Waals surface area contributed by atoms with Crippen LogP contribution in [-0.4, -0.2) is 47.2 Å². The lowest BCUT2D eigenvalue weighted by Gasteiger charge is -2.51. The van der Waals surface area contributed by atoms with E-state index < -0.39 is 29.0 Å². The SMILES string of the molecule is O=C(c1ccc(F)c(F)c1Cc1ccc(Br)cc1F)N1CC(O)(C2CCCCN2)C1. The lowest BCUT2D eigenvalue weighted by molar-refractivity contribution is -0.108. The van der Waals surface area contributed by atoms with Crippen LogP contribution in [0, 0.1) is 17.5 Å². The highest BCUT2D eigenvalue weighted by atomic mass is 79.9. The van der Waals surface area contributed by atoms with E-state index in [1.807, 2.05) is 0 Å². The number of β-amino-alcohol motifs (C(OH)–C–C–N with tert-alkyl or cyclic N) is 1. The normalized spacial score (nSPS) is 20.7. The number of hydrogen-bond donors (Lipinski definition) is 2. The molecule has 4 nitrogen and oxygen atoms in total. The molecule has 2 heterocycles. The highest BCUT2D eigenvalue weighted by molar-refractivity contribution is 9.10. The number of amides is 1. The predicted octanol–water partition coefficient (Wildman–Crippen LogP) is 3.79. The lowest BCUT2D eigenvalue weighted by atomic mass is 9.81. The molecule has 2 saturated heterocycles. The molecule has 2 aromatic carbocycles. The molecule has 0 aliphatic carbocycles. The van der Waals surface area contributed by atoms with Gasteiger partial charge in [-0.25, -0.2) is 13.2 Å². The highest BCUT2D eigenvalue weighted by Gasteiger charge is 2.49. The van der Waals surface area contributed by atoms with Gasteiger partial charge in [-0.1, -0.05) is 28.4 Å². The molecule has 2 fully saturated rings. The maximum absolute atomic E-state index is 14.6. The Bertz CT molecular complexity index is 973. The first-order chi connectivity index (χ1) is 14.3. The van der Waals surface area contributed by atoms with Crippen molar-refractivity contribution in [3.63, 3.8) is 0 Å². The van der Waals surface area contributed by atoms with Gasteiger partial charge in [0.15, 0.2) is 11.6 Å². The van der Waals surface area contributed by atoms with Crippen LogP contribution in [0.25, 0.3) is 0 Å². The van der Waals surface area contributed by atoms with E-state index in [1.165, 1.54) is 23.1 Å². The zero-order valence-corrected chi connectivity index (χ0v) is 17.8. The first-order valence-corrected chi connectivity index (χ1v) is 10.7. The molecule has 4 rings (SSSR count). The van der Waals surface area contributed by atoms with E-state index in [4.69, 9.17) is 0 Å². The van der Waals surface area contributed by atoms with Crippen molar-refractivity contribution in [2.45, 2.75) is 37.3 Å². The Balaban J connectivity index is 1.57. The van der Waals surface area contributed by atoms with E-state index in [0.717, 1.165) is 31.9 Å². The van der Waals surface area contributed by atoms with Crippen LogP contribution in [0.4, 0.5) is 13.2 Å². The van der Waals surface area contributed by atoms with Gasteiger partial charge in [0.05, 0.1) is 13.1 Å². The number of likely N-dealkylation sites (tertiary alicyclic amines) is 1. The summed E-state index contributed by atoms with van der Waals surface area (Å²) >= 11 is 3.16. The summed E-state index contributed by atoms with van der Waals surface area (Å²) in [5, 5.41) is 14.1. The van der Waals surface area contributed by atoms with E-state index in [-0.39, 0.29) is 42.2 Å². The third kappa shape index (κ3) is 4.00. The monoisotopic (exact) mass is 482 g/mol. The molecule has 0 saturated carbocycles. The number of rotatable bonds is 4. The summed E-state index contributed by atoms with van der Waals surface area (Å²) in [5.74, 6) is -3.33. The maximum Gasteiger partial charge on any atom is 0.254 e. The molecule has 0 spiro atoms. The molecule has 2 aromatic rings. The first kappa shape index (κ1) is 21.3. The molecule has 8 heteroatoms. The van der Waals surface area contributed by atoms with Gasteiger partial charge in [0, 0.05) is 28.1 Å². The third-order valence-electron chi connectivity index (χ3n) is 5.98. The standard InChI is InChI=1S/C22H22BrF3N2O2/c23-14-5-4-13(18(25)10-14)9-16-15(6-7-17(24)20(16)26)21(29)28-11-22(30,12-28)19-3-1-2-8-27-19/h4-7,10,19,27,30H,1-3,8-9,11-12H2. The number of hydrogen-bond acceptors (Lipinski definition) is 3. The zero-order valence-electron chi connectivity index (χ0n) is 16.2. The van der Waals surface area contributed by atoms with E-state index in [9.17, 15) is 23.1 Å². The summed E-state index contributed by atoms with van der Waals surface area (Å²) in [6.45, 7) is 1.07. The summed E-state index contributed by atoms with van der Waals surface area (Å²) in [4.78, 5) is 14.4. The Kier molecular flexibility index (Phi) is 5.92. The largest absolute Gasteiger partial charge is 0.385 e. The average molecular weight is 483 g/mol. The van der Waals surface area contributed by atoms with Crippen LogP contribution >= 0.6 is 15.9 Å². The number of nitrogens with zero attached hydrogens (tertiary/aromatic N) is 1. The van der Waals surface area contributed by atoms with Crippen molar-refractivity contribution in [2.24, 2.45) is 0 Å². The van der Waals surface area contributed by atoms with E-state index in [2.05, 4.69) is 21.2 Å². The molecule has 1 atom stereocenters. The maximum atomic E-state index is 14.6. The van der Waals surface area contributed by atoms with Crippen LogP contribution < -0.4 is 5.32 Å². The number of benzene rings is 2. The summed E-state index contributed by atoms with van der Waals surface area (Å²) in [6, 6.07) is 6.35. The number of carbonyl (C=O) groups is 1. The molecule has 0 radical (unpaired) electrons. The number of halogens is 4. The molecule has 1 unspecified atom stereocenters. The molecule has 2 N–H and O–H groups in total. The molecular weight excluding hydrogens is 461 g/mol. The Morgan fingerprint density at radius 1 is 1.17 bits per heavy atom. The van der Waals surface area contributed by atoms with Gasteiger partial charge in [-0.2, -0.15) is 0 Å². The minimum absolute atomic E-state index is 0.0186. The smallest absolute Gasteiger partial charge is 0.254 e. The predicted molar refractivity (Wildman–Crippen MR) is 110 cm³/mol. The van der Waals surface area contributed by atoms with Crippen LogP contribution in [0.3, 0.4) is 0 Å². The fourth-order valence-electron chi connectivity index (χ4n) is 4.28. The van der Waals surface area contributed by atoms with Gasteiger partial charge in [0.1, 0.15) is 11.4 Å². The van der Waals surface area contributed by atoms with Crippen LogP contribution in [0.5, 0.6) is 0 Å². The molecule has 160 valence electrons. The second kappa shape index (κ2) is 8.32. The molecule has 2 aliphatic heterocycles. The van der Waals surface area contributed by atoms with Crippen LogP contribution in [0.2, 0.25) is 0 Å². The van der Waals surface area contributed by atoms with Gasteiger partial charge < -0.3 is 15.3 Å². The molecule has 0 aromatic heterocycles. The van der Waals surface area contributed by atoms with Gasteiger partial charge in [0.25, 0.3) is 5.91 Å². The fraction of sp³-hybridized carbons (Fsp3) is 0.409. The summed E-state index contributed by atoms with van der Waals surface area (Å²) < 4.78 is 43.3. The number of aliphatic hydroxyl groups is 1. The van der Waals surface area contributed by atoms with Crippen molar-refractivity contribution < 1.29 is 23.1 Å². The molecule has 30 heavy (non-hydrogen) atoms. The number of carbonyl (C=O) groups excluding carboxylic acids is 1. The number of piperidine rings is 1. The van der Waals surface area contributed by atoms with E-state index in [0.29, 0.717) is 4.47 Å². The van der Waals surface area contributed by atoms with Crippen molar-refractivity contribution >= 4 is 21.8 Å². The zero-order chi connectivity index (χ0) is 21.5. The fourth-order valence-corrected chi connectivity index (χ4v) is 4.61. The van der Waals surface area contributed by atoms with Crippen LogP contribution in [0.15, 0.2) is 34.8 Å². The number of nitrogens with one attached hydrogen (secondary N) is 1. The third-order valence-corrected chi connectivity index (χ3v) is 6.48. The minimum atomic E-state index is -1.16. The lowest BCUT2D eigenvalue weighted by Crippen LogP contribution is -2.72. The van der Waals surface area contributed by atoms with Gasteiger partial charge in [-0.05, 0) is 49.2 Å². The van der Waals surface area contributed by atoms with E-state index >= 15 is 0 Å². The van der Waals surface area contributed by atoms with Crippen molar-refractivity contribution in [1.82, 2.24) is 10.2 Å². The second-order valence-corrected chi connectivity index (χ2v) is 8.98. The van der Waals surface area contributed by atoms with Crippen molar-refractivity contribution in [3.8, 4) is 0 Å². The Morgan fingerprint density at radius 2 is 1.93 bits per heavy atom. The van der Waals surface area contributed by atoms with Gasteiger partial charge in [0.2, 0.25) is 0 Å². The Hall–Kier alpha value is -1.90. The van der Waals surface area contributed by atoms with Crippen molar-refractivity contribution in [2.75, 3.05) is 19.6 Å². The summed E-state index contributed by atoms with van der Waals surface area (Å²) in [7, 11) is 0. The first-order valence-electron chi connectivity index (χ1n) is 9.94. The van der Waals surface area contributed by atoms with E-state index in [1.54, 1.807) is 6.07 Å². The van der Waals surface area contributed by atoms with Crippen LogP contribution in [0.1, 0.15) is 40.7 Å².